The van der Waals surface area contributed by atoms with Gasteiger partial charge in [0.2, 0.25) is 5.91 Å². The number of hydrogen-bond acceptors (Lipinski definition) is 3. The number of benzene rings is 1. The summed E-state index contributed by atoms with van der Waals surface area (Å²) in [6.07, 6.45) is 2.57. The number of carbonyl (C=O) groups is 2. The zero-order valence-electron chi connectivity index (χ0n) is 12.3. The lowest BCUT2D eigenvalue weighted by Crippen LogP contribution is -2.46. The number of carboxylic acids is 1. The molecule has 2 aromatic rings. The topological polar surface area (TPSA) is 91.4 Å². The largest absolute Gasteiger partial charge is 0.480 e. The lowest BCUT2D eigenvalue weighted by molar-refractivity contribution is -0.143. The molecule has 1 saturated heterocycles. The molecule has 6 nitrogen and oxygen atoms in total. The molecule has 0 aliphatic carbocycles. The third-order valence-corrected chi connectivity index (χ3v) is 3.99. The Labute approximate surface area is 131 Å². The van der Waals surface area contributed by atoms with Gasteiger partial charge in [0.25, 0.3) is 0 Å². The Balaban J connectivity index is 1.75. The summed E-state index contributed by atoms with van der Waals surface area (Å²) >= 11 is 0. The first-order chi connectivity index (χ1) is 11.0. The monoisotopic (exact) mass is 320 g/mol. The smallest absolute Gasteiger partial charge is 0.326 e. The maximum atomic E-state index is 13.2. The molecule has 2 heterocycles. The van der Waals surface area contributed by atoms with Crippen molar-refractivity contribution >= 4 is 22.8 Å². The molecule has 1 aromatic heterocycles. The van der Waals surface area contributed by atoms with Crippen molar-refractivity contribution in [1.29, 1.82) is 0 Å². The molecule has 1 fully saturated rings. The molecule has 1 aliphatic rings. The number of amides is 1. The maximum Gasteiger partial charge on any atom is 0.326 e. The first kappa shape index (κ1) is 15.5. The van der Waals surface area contributed by atoms with Gasteiger partial charge in [-0.05, 0) is 36.6 Å². The van der Waals surface area contributed by atoms with Crippen LogP contribution in [0, 0.1) is 5.82 Å². The first-order valence-corrected chi connectivity index (χ1v) is 7.45. The average Bonchev–Trinajstić information content (AvgIpc) is 3.16. The molecule has 3 N–H and O–H groups in total. The molecule has 3 rings (SSSR count). The number of aromatic nitrogens is 1. The van der Waals surface area contributed by atoms with Gasteiger partial charge in [-0.25, -0.2) is 9.18 Å². The van der Waals surface area contributed by atoms with Crippen LogP contribution in [0.4, 0.5) is 4.39 Å². The summed E-state index contributed by atoms with van der Waals surface area (Å²) in [5.74, 6) is -1.89. The van der Waals surface area contributed by atoms with Crippen molar-refractivity contribution in [3.8, 4) is 0 Å². The summed E-state index contributed by atoms with van der Waals surface area (Å²) in [6.45, 7) is 0.518. The van der Waals surface area contributed by atoms with E-state index in [-0.39, 0.29) is 12.2 Å². The molecule has 0 unspecified atom stereocenters. The Kier molecular flexibility index (Phi) is 4.29. The number of rotatable bonds is 5. The summed E-state index contributed by atoms with van der Waals surface area (Å²) in [7, 11) is 0. The zero-order chi connectivity index (χ0) is 16.4. The van der Waals surface area contributed by atoms with E-state index in [4.69, 9.17) is 4.74 Å². The molecule has 0 spiro atoms. The third-order valence-electron chi connectivity index (χ3n) is 3.99. The summed E-state index contributed by atoms with van der Waals surface area (Å²) in [5, 5.41) is 12.6. The highest BCUT2D eigenvalue weighted by atomic mass is 19.1. The molecule has 1 aliphatic heterocycles. The fourth-order valence-electron chi connectivity index (χ4n) is 2.80. The molecule has 0 bridgehead atoms. The quantitative estimate of drug-likeness (QED) is 0.780. The normalized spacial score (nSPS) is 18.9. The number of aromatic amines is 1. The average molecular weight is 320 g/mol. The van der Waals surface area contributed by atoms with E-state index in [0.717, 1.165) is 11.8 Å². The van der Waals surface area contributed by atoms with E-state index >= 15 is 0 Å². The van der Waals surface area contributed by atoms with E-state index in [1.807, 2.05) is 0 Å². The number of fused-ring (bicyclic) bond motifs is 1. The number of aliphatic carboxylic acids is 1. The van der Waals surface area contributed by atoms with Crippen LogP contribution in [0.2, 0.25) is 0 Å². The molecule has 0 radical (unpaired) electrons. The van der Waals surface area contributed by atoms with Crippen molar-refractivity contribution in [1.82, 2.24) is 10.3 Å². The van der Waals surface area contributed by atoms with E-state index in [2.05, 4.69) is 10.3 Å². The molecular weight excluding hydrogens is 303 g/mol. The Morgan fingerprint density at radius 2 is 2.30 bits per heavy atom. The lowest BCUT2D eigenvalue weighted by Gasteiger charge is -2.17. The van der Waals surface area contributed by atoms with Gasteiger partial charge in [0.1, 0.15) is 18.0 Å². The van der Waals surface area contributed by atoms with E-state index in [0.29, 0.717) is 24.1 Å². The third kappa shape index (κ3) is 3.34. The van der Waals surface area contributed by atoms with Crippen LogP contribution in [0.5, 0.6) is 0 Å². The summed E-state index contributed by atoms with van der Waals surface area (Å²) in [5.41, 5.74) is 1.30. The number of halogens is 1. The highest BCUT2D eigenvalue weighted by Gasteiger charge is 2.28. The standard InChI is InChI=1S/C16H17FN2O4/c17-10-3-4-11-9(8-18-12(11)7-10)6-13(16(21)22)19-15(20)14-2-1-5-23-14/h3-4,7-8,13-14,18H,1-2,5-6H2,(H,19,20)(H,21,22)/t13-,14-/m1/s1. The number of ether oxygens (including phenoxy) is 1. The van der Waals surface area contributed by atoms with Gasteiger partial charge in [0, 0.05) is 30.1 Å². The van der Waals surface area contributed by atoms with Crippen molar-refractivity contribution in [2.75, 3.05) is 6.61 Å². The fourth-order valence-corrected chi connectivity index (χ4v) is 2.80. The van der Waals surface area contributed by atoms with Crippen molar-refractivity contribution in [3.63, 3.8) is 0 Å². The van der Waals surface area contributed by atoms with Crippen LogP contribution in [0.3, 0.4) is 0 Å². The first-order valence-electron chi connectivity index (χ1n) is 7.45. The summed E-state index contributed by atoms with van der Waals surface area (Å²) in [4.78, 5) is 26.4. The number of H-pyrrole nitrogens is 1. The lowest BCUT2D eigenvalue weighted by atomic mass is 10.0. The van der Waals surface area contributed by atoms with E-state index in [9.17, 15) is 19.1 Å². The van der Waals surface area contributed by atoms with Crippen molar-refractivity contribution in [2.24, 2.45) is 0 Å². The minimum atomic E-state index is -1.12. The van der Waals surface area contributed by atoms with E-state index < -0.39 is 24.0 Å². The summed E-state index contributed by atoms with van der Waals surface area (Å²) in [6, 6.07) is 3.20. The van der Waals surface area contributed by atoms with Gasteiger partial charge < -0.3 is 20.1 Å². The highest BCUT2D eigenvalue weighted by Crippen LogP contribution is 2.21. The van der Waals surface area contributed by atoms with Crippen molar-refractivity contribution < 1.29 is 23.8 Å². The van der Waals surface area contributed by atoms with Crippen molar-refractivity contribution in [3.05, 3.63) is 35.8 Å². The number of carbonyl (C=O) groups excluding carboxylic acids is 1. The number of carboxylic acid groups (broad SMARTS) is 1. The minimum absolute atomic E-state index is 0.111. The van der Waals surface area contributed by atoms with Gasteiger partial charge in [0.15, 0.2) is 0 Å². The second kappa shape index (κ2) is 6.37. The molecule has 23 heavy (non-hydrogen) atoms. The van der Waals surface area contributed by atoms with Crippen LogP contribution in [0.1, 0.15) is 18.4 Å². The molecular formula is C16H17FN2O4. The zero-order valence-corrected chi connectivity index (χ0v) is 12.3. The molecule has 122 valence electrons. The maximum absolute atomic E-state index is 13.2. The highest BCUT2D eigenvalue weighted by molar-refractivity contribution is 5.88. The number of hydrogen-bond donors (Lipinski definition) is 3. The van der Waals surface area contributed by atoms with Crippen LogP contribution in [-0.2, 0) is 20.7 Å². The molecule has 1 amide bonds. The second-order valence-corrected chi connectivity index (χ2v) is 5.61. The van der Waals surface area contributed by atoms with Crippen LogP contribution in [0.15, 0.2) is 24.4 Å². The van der Waals surface area contributed by atoms with E-state index in [1.54, 1.807) is 12.3 Å². The van der Waals surface area contributed by atoms with Gasteiger partial charge in [-0.15, -0.1) is 0 Å². The minimum Gasteiger partial charge on any atom is -0.480 e. The summed E-state index contributed by atoms with van der Waals surface area (Å²) < 4.78 is 18.5. The van der Waals surface area contributed by atoms with Crippen LogP contribution >= 0.6 is 0 Å². The Morgan fingerprint density at radius 3 is 3.00 bits per heavy atom. The van der Waals surface area contributed by atoms with Crippen molar-refractivity contribution in [2.45, 2.75) is 31.4 Å². The van der Waals surface area contributed by atoms with Crippen LogP contribution in [0.25, 0.3) is 10.9 Å². The molecule has 7 heteroatoms. The molecule has 0 saturated carbocycles. The SMILES string of the molecule is O=C(O)[C@@H](Cc1c[nH]c2cc(F)ccc12)NC(=O)[C@H]1CCCO1. The Morgan fingerprint density at radius 1 is 1.48 bits per heavy atom. The van der Waals surface area contributed by atoms with Gasteiger partial charge in [-0.3, -0.25) is 4.79 Å². The van der Waals surface area contributed by atoms with Gasteiger partial charge in [-0.1, -0.05) is 0 Å². The van der Waals surface area contributed by atoms with Crippen LogP contribution in [-0.4, -0.2) is 40.7 Å². The fraction of sp³-hybridized carbons (Fsp3) is 0.375. The van der Waals surface area contributed by atoms with E-state index in [1.165, 1.54) is 12.1 Å². The van der Waals surface area contributed by atoms with Gasteiger partial charge in [0.05, 0.1) is 0 Å². The predicted molar refractivity (Wildman–Crippen MR) is 80.5 cm³/mol. The predicted octanol–water partition coefficient (Wildman–Crippen LogP) is 1.60. The molecule has 2 atom stereocenters. The van der Waals surface area contributed by atoms with Gasteiger partial charge >= 0.3 is 5.97 Å². The van der Waals surface area contributed by atoms with Gasteiger partial charge in [-0.2, -0.15) is 0 Å². The second-order valence-electron chi connectivity index (χ2n) is 5.61. The Bertz CT molecular complexity index is 737. The molecule has 1 aromatic carbocycles. The number of nitrogens with one attached hydrogen (secondary N) is 2. The Hall–Kier alpha value is -2.41. The van der Waals surface area contributed by atoms with Crippen LogP contribution < -0.4 is 5.32 Å².